The highest BCUT2D eigenvalue weighted by atomic mass is 35.5. The van der Waals surface area contributed by atoms with Crippen LogP contribution in [-0.2, 0) is 4.79 Å². The summed E-state index contributed by atoms with van der Waals surface area (Å²) in [5.74, 6) is -0.0132. The van der Waals surface area contributed by atoms with E-state index >= 15 is 0 Å². The predicted molar refractivity (Wildman–Crippen MR) is 158 cm³/mol. The van der Waals surface area contributed by atoms with Crippen LogP contribution in [0.5, 0.6) is 0 Å². The fourth-order valence-corrected chi connectivity index (χ4v) is 5.76. The van der Waals surface area contributed by atoms with E-state index in [0.29, 0.717) is 16.6 Å². The molecule has 2 aromatic carbocycles. The molecule has 1 aliphatic heterocycles. The summed E-state index contributed by atoms with van der Waals surface area (Å²) in [4.78, 5) is 18.8. The Hall–Kier alpha value is -3.68. The maximum Gasteiger partial charge on any atom is 0.224 e. The first-order chi connectivity index (χ1) is 18.3. The molecule has 3 heterocycles. The maximum atomic E-state index is 12.0. The molecule has 2 aromatic heterocycles. The normalized spacial score (nSPS) is 17.0. The third-order valence-corrected chi connectivity index (χ3v) is 7.59. The molecular formula is C30H30ClN5OS. The minimum absolute atomic E-state index is 0.0132. The number of aryl methyl sites for hydroxylation is 2. The van der Waals surface area contributed by atoms with Crippen LogP contribution in [0.1, 0.15) is 53.6 Å². The van der Waals surface area contributed by atoms with Crippen molar-refractivity contribution in [1.82, 2.24) is 14.9 Å². The second-order valence-electron chi connectivity index (χ2n) is 9.54. The van der Waals surface area contributed by atoms with Gasteiger partial charge in [-0.2, -0.15) is 0 Å². The summed E-state index contributed by atoms with van der Waals surface area (Å²) in [6.07, 6.45) is 2.24. The van der Waals surface area contributed by atoms with Gasteiger partial charge in [-0.05, 0) is 98.7 Å². The number of halogens is 1. The van der Waals surface area contributed by atoms with Crippen molar-refractivity contribution in [2.24, 2.45) is 0 Å². The first-order valence-electron chi connectivity index (χ1n) is 12.6. The summed E-state index contributed by atoms with van der Waals surface area (Å²) in [6.45, 7) is 8.08. The predicted octanol–water partition coefficient (Wildman–Crippen LogP) is 6.98. The van der Waals surface area contributed by atoms with Crippen molar-refractivity contribution >= 4 is 46.2 Å². The molecule has 1 aliphatic rings. The first kappa shape index (κ1) is 25.9. The van der Waals surface area contributed by atoms with Gasteiger partial charge in [0, 0.05) is 46.1 Å². The number of hydrogen-bond donors (Lipinski definition) is 2. The first-order valence-corrected chi connectivity index (χ1v) is 13.4. The summed E-state index contributed by atoms with van der Waals surface area (Å²) in [5, 5.41) is 7.84. The Morgan fingerprint density at radius 2 is 1.87 bits per heavy atom. The van der Waals surface area contributed by atoms with Crippen LogP contribution in [0.4, 0.5) is 11.4 Å². The number of carbonyl (C=O) groups excluding carboxylic acids is 1. The molecule has 1 amide bonds. The lowest BCUT2D eigenvalue weighted by molar-refractivity contribution is -0.115. The lowest BCUT2D eigenvalue weighted by Crippen LogP contribution is -2.29. The molecule has 0 radical (unpaired) electrons. The van der Waals surface area contributed by atoms with Crippen molar-refractivity contribution in [3.8, 4) is 5.69 Å². The molecular weight excluding hydrogens is 514 g/mol. The standard InChI is InChI=1S/C30H30ClN5OS/c1-5-27(37)33-25-13-12-23(15-18(25)2)36-29(28(34-30(36)38)26-11-6-7-14-32-26)24-16-19(3)35(20(24)4)22-10-8-9-21(31)17-22/h6-17,28-29H,5H2,1-4H3,(H,33,37)(H,34,38)/t28-,29+/m1/s1. The molecule has 1 saturated heterocycles. The second kappa shape index (κ2) is 10.6. The number of carbonyl (C=O) groups is 1. The van der Waals surface area contributed by atoms with E-state index in [4.69, 9.17) is 23.8 Å². The Kier molecular flexibility index (Phi) is 7.23. The molecule has 2 N–H and O–H groups in total. The average Bonchev–Trinajstić information content (AvgIpc) is 3.40. The molecule has 194 valence electrons. The van der Waals surface area contributed by atoms with Crippen molar-refractivity contribution < 1.29 is 4.79 Å². The van der Waals surface area contributed by atoms with Crippen molar-refractivity contribution in [2.45, 2.75) is 46.2 Å². The van der Waals surface area contributed by atoms with Gasteiger partial charge in [0.2, 0.25) is 5.91 Å². The molecule has 8 heteroatoms. The summed E-state index contributed by atoms with van der Waals surface area (Å²) < 4.78 is 2.23. The number of thiocarbonyl (C=S) groups is 1. The van der Waals surface area contributed by atoms with Crippen LogP contribution in [0, 0.1) is 20.8 Å². The van der Waals surface area contributed by atoms with Crippen LogP contribution < -0.4 is 15.5 Å². The van der Waals surface area contributed by atoms with E-state index in [1.165, 1.54) is 0 Å². The molecule has 0 aliphatic carbocycles. The van der Waals surface area contributed by atoms with Gasteiger partial charge in [0.05, 0.1) is 17.8 Å². The number of aromatic nitrogens is 2. The number of rotatable bonds is 6. The van der Waals surface area contributed by atoms with Gasteiger partial charge < -0.3 is 20.1 Å². The van der Waals surface area contributed by atoms with Crippen LogP contribution >= 0.6 is 23.8 Å². The van der Waals surface area contributed by atoms with E-state index < -0.39 is 0 Å². The van der Waals surface area contributed by atoms with Gasteiger partial charge in [-0.15, -0.1) is 0 Å². The SMILES string of the molecule is CCC(=O)Nc1ccc(N2C(=S)N[C@H](c3ccccn3)[C@@H]2c2cc(C)n(-c3cccc(Cl)c3)c2C)cc1C. The molecule has 1 fully saturated rings. The Labute approximate surface area is 233 Å². The van der Waals surface area contributed by atoms with Crippen LogP contribution in [0.3, 0.4) is 0 Å². The lowest BCUT2D eigenvalue weighted by Gasteiger charge is -2.29. The number of pyridine rings is 1. The third-order valence-electron chi connectivity index (χ3n) is 7.04. The van der Waals surface area contributed by atoms with E-state index in [9.17, 15) is 4.79 Å². The molecule has 4 aromatic rings. The van der Waals surface area contributed by atoms with Crippen LogP contribution in [-0.4, -0.2) is 20.6 Å². The zero-order valence-corrected chi connectivity index (χ0v) is 23.4. The van der Waals surface area contributed by atoms with E-state index in [2.05, 4.69) is 57.1 Å². The van der Waals surface area contributed by atoms with E-state index in [0.717, 1.165) is 45.3 Å². The monoisotopic (exact) mass is 543 g/mol. The molecule has 38 heavy (non-hydrogen) atoms. The number of benzene rings is 2. The van der Waals surface area contributed by atoms with Crippen LogP contribution in [0.25, 0.3) is 5.69 Å². The van der Waals surface area contributed by atoms with Crippen LogP contribution in [0.15, 0.2) is 72.9 Å². The highest BCUT2D eigenvalue weighted by Gasteiger charge is 2.42. The Morgan fingerprint density at radius 3 is 2.55 bits per heavy atom. The number of hydrogen-bond acceptors (Lipinski definition) is 3. The highest BCUT2D eigenvalue weighted by molar-refractivity contribution is 7.80. The Morgan fingerprint density at radius 1 is 1.05 bits per heavy atom. The highest BCUT2D eigenvalue weighted by Crippen LogP contribution is 2.44. The van der Waals surface area contributed by atoms with Gasteiger partial charge in [0.15, 0.2) is 5.11 Å². The second-order valence-corrected chi connectivity index (χ2v) is 10.4. The number of nitrogens with zero attached hydrogens (tertiary/aromatic N) is 3. The van der Waals surface area contributed by atoms with Crippen molar-refractivity contribution in [1.29, 1.82) is 0 Å². The quantitative estimate of drug-likeness (QED) is 0.257. The van der Waals surface area contributed by atoms with Gasteiger partial charge in [-0.1, -0.05) is 30.7 Å². The van der Waals surface area contributed by atoms with Crippen molar-refractivity contribution in [2.75, 3.05) is 10.2 Å². The third kappa shape index (κ3) is 4.79. The summed E-state index contributed by atoms with van der Waals surface area (Å²) in [7, 11) is 0. The zero-order valence-electron chi connectivity index (χ0n) is 21.8. The topological polar surface area (TPSA) is 62.2 Å². The van der Waals surface area contributed by atoms with E-state index in [1.807, 2.05) is 68.6 Å². The molecule has 2 atom stereocenters. The number of nitrogens with one attached hydrogen (secondary N) is 2. The Balaban J connectivity index is 1.64. The minimum atomic E-state index is -0.156. The molecule has 0 spiro atoms. The van der Waals surface area contributed by atoms with Crippen LogP contribution in [0.2, 0.25) is 5.02 Å². The van der Waals surface area contributed by atoms with Gasteiger partial charge >= 0.3 is 0 Å². The molecule has 0 saturated carbocycles. The summed E-state index contributed by atoms with van der Waals surface area (Å²) in [5.41, 5.74) is 8.00. The maximum absolute atomic E-state index is 12.0. The molecule has 0 unspecified atom stereocenters. The largest absolute Gasteiger partial charge is 0.351 e. The van der Waals surface area contributed by atoms with Crippen molar-refractivity contribution in [3.05, 3.63) is 106 Å². The summed E-state index contributed by atoms with van der Waals surface area (Å²) in [6, 6.07) is 21.8. The zero-order chi connectivity index (χ0) is 27.0. The fraction of sp³-hybridized carbons (Fsp3) is 0.233. The fourth-order valence-electron chi connectivity index (χ4n) is 5.23. The Bertz CT molecular complexity index is 1520. The van der Waals surface area contributed by atoms with E-state index in [-0.39, 0.29) is 18.0 Å². The van der Waals surface area contributed by atoms with Crippen molar-refractivity contribution in [3.63, 3.8) is 0 Å². The van der Waals surface area contributed by atoms with E-state index in [1.54, 1.807) is 0 Å². The summed E-state index contributed by atoms with van der Waals surface area (Å²) >= 11 is 12.3. The minimum Gasteiger partial charge on any atom is -0.351 e. The lowest BCUT2D eigenvalue weighted by atomic mass is 9.96. The number of amides is 1. The van der Waals surface area contributed by atoms with Gasteiger partial charge in [-0.25, -0.2) is 0 Å². The smallest absolute Gasteiger partial charge is 0.224 e. The number of anilines is 2. The van der Waals surface area contributed by atoms with Gasteiger partial charge in [-0.3, -0.25) is 9.78 Å². The average molecular weight is 544 g/mol. The van der Waals surface area contributed by atoms with Gasteiger partial charge in [0.1, 0.15) is 0 Å². The van der Waals surface area contributed by atoms with Gasteiger partial charge in [0.25, 0.3) is 0 Å². The molecule has 6 nitrogen and oxygen atoms in total. The molecule has 0 bridgehead atoms. The molecule has 5 rings (SSSR count).